The van der Waals surface area contributed by atoms with E-state index in [1.54, 1.807) is 24.3 Å². The first-order chi connectivity index (χ1) is 15.3. The topological polar surface area (TPSA) is 128 Å². The lowest BCUT2D eigenvalue weighted by Gasteiger charge is -2.26. The molecule has 0 amide bonds. The monoisotopic (exact) mass is 461 g/mol. The molecule has 1 aliphatic rings. The van der Waals surface area contributed by atoms with Gasteiger partial charge >= 0.3 is 5.97 Å². The second kappa shape index (κ2) is 10.4. The number of morpholine rings is 1. The van der Waals surface area contributed by atoms with Crippen LogP contribution in [0.2, 0.25) is 0 Å². The summed E-state index contributed by atoms with van der Waals surface area (Å²) in [6, 6.07) is 10.9. The molecule has 0 saturated carbocycles. The minimum atomic E-state index is -3.58. The van der Waals surface area contributed by atoms with Crippen molar-refractivity contribution in [1.82, 2.24) is 4.31 Å². The Morgan fingerprint density at radius 1 is 1.22 bits per heavy atom. The minimum Gasteiger partial charge on any atom is -0.466 e. The van der Waals surface area contributed by atoms with Crippen molar-refractivity contribution in [3.05, 3.63) is 69.8 Å². The number of methoxy groups -OCH3 is 1. The van der Waals surface area contributed by atoms with Gasteiger partial charge in [-0.1, -0.05) is 18.2 Å². The van der Waals surface area contributed by atoms with E-state index in [9.17, 15) is 23.3 Å². The van der Waals surface area contributed by atoms with E-state index < -0.39 is 20.9 Å². The molecule has 2 aromatic carbocycles. The third-order valence-corrected chi connectivity index (χ3v) is 6.76. The molecule has 0 spiro atoms. The fraction of sp³-hybridized carbons (Fsp3) is 0.286. The van der Waals surface area contributed by atoms with Crippen LogP contribution in [0.4, 0.5) is 11.4 Å². The normalized spacial score (nSPS) is 14.9. The second-order valence-corrected chi connectivity index (χ2v) is 8.84. The highest BCUT2D eigenvalue weighted by Gasteiger charge is 2.26. The van der Waals surface area contributed by atoms with Gasteiger partial charge in [-0.05, 0) is 35.4 Å². The van der Waals surface area contributed by atoms with E-state index in [-0.39, 0.29) is 17.1 Å². The summed E-state index contributed by atoms with van der Waals surface area (Å²) in [4.78, 5) is 22.3. The van der Waals surface area contributed by atoms with Crippen LogP contribution in [0.5, 0.6) is 0 Å². The average Bonchev–Trinajstić information content (AvgIpc) is 2.82. The Bertz CT molecular complexity index is 1110. The fourth-order valence-corrected chi connectivity index (χ4v) is 4.51. The van der Waals surface area contributed by atoms with Gasteiger partial charge in [0.1, 0.15) is 5.69 Å². The summed E-state index contributed by atoms with van der Waals surface area (Å²) in [6.45, 7) is 1.64. The van der Waals surface area contributed by atoms with Crippen molar-refractivity contribution >= 4 is 33.4 Å². The summed E-state index contributed by atoms with van der Waals surface area (Å²) >= 11 is 0. The standard InChI is InChI=1S/C21H23N3O7S/c1-30-21(25)9-5-16-4-8-19(20(14-16)24(26)27)22-15-17-2-6-18(7-3-17)32(28,29)23-10-12-31-13-11-23/h2-9,14,22H,10-13,15H2,1H3/b9-5+. The summed E-state index contributed by atoms with van der Waals surface area (Å²) in [7, 11) is -2.34. The van der Waals surface area contributed by atoms with Crippen LogP contribution < -0.4 is 5.32 Å². The highest BCUT2D eigenvalue weighted by molar-refractivity contribution is 7.89. The van der Waals surface area contributed by atoms with Crippen LogP contribution in [0.15, 0.2) is 53.4 Å². The summed E-state index contributed by atoms with van der Waals surface area (Å²) in [5.41, 5.74) is 1.39. The summed E-state index contributed by atoms with van der Waals surface area (Å²) in [5.74, 6) is -0.561. The number of nitro benzene ring substituents is 1. The Kier molecular flexibility index (Phi) is 7.57. The number of ether oxygens (including phenoxy) is 2. The van der Waals surface area contributed by atoms with E-state index in [1.165, 1.54) is 41.8 Å². The average molecular weight is 461 g/mol. The van der Waals surface area contributed by atoms with Gasteiger partial charge in [-0.3, -0.25) is 10.1 Å². The number of esters is 1. The van der Waals surface area contributed by atoms with Crippen LogP contribution in [-0.4, -0.2) is 57.0 Å². The van der Waals surface area contributed by atoms with E-state index in [4.69, 9.17) is 4.74 Å². The summed E-state index contributed by atoms with van der Waals surface area (Å²) in [6.07, 6.45) is 2.61. The van der Waals surface area contributed by atoms with E-state index in [1.807, 2.05) is 0 Å². The molecule has 1 aliphatic heterocycles. The number of nitrogens with zero attached hydrogens (tertiary/aromatic N) is 2. The number of sulfonamides is 1. The van der Waals surface area contributed by atoms with E-state index in [0.29, 0.717) is 37.6 Å². The smallest absolute Gasteiger partial charge is 0.330 e. The van der Waals surface area contributed by atoms with Crippen molar-refractivity contribution in [2.24, 2.45) is 0 Å². The van der Waals surface area contributed by atoms with Crippen molar-refractivity contribution in [2.75, 3.05) is 38.7 Å². The lowest BCUT2D eigenvalue weighted by atomic mass is 10.1. The van der Waals surface area contributed by atoms with Crippen LogP contribution in [0.3, 0.4) is 0 Å². The Labute approximate surface area is 185 Å². The zero-order chi connectivity index (χ0) is 23.1. The Morgan fingerprint density at radius 2 is 1.91 bits per heavy atom. The third kappa shape index (κ3) is 5.69. The molecular weight excluding hydrogens is 438 g/mol. The van der Waals surface area contributed by atoms with Gasteiger partial charge in [-0.15, -0.1) is 0 Å². The molecule has 0 bridgehead atoms. The van der Waals surface area contributed by atoms with Crippen LogP contribution in [0, 0.1) is 10.1 Å². The maximum Gasteiger partial charge on any atom is 0.330 e. The van der Waals surface area contributed by atoms with Gasteiger partial charge in [0.2, 0.25) is 10.0 Å². The molecule has 1 N–H and O–H groups in total. The first-order valence-electron chi connectivity index (χ1n) is 9.76. The molecule has 3 rings (SSSR count). The Hall–Kier alpha value is -3.28. The molecule has 0 radical (unpaired) electrons. The molecule has 0 aliphatic carbocycles. The van der Waals surface area contributed by atoms with Crippen molar-refractivity contribution < 1.29 is 27.6 Å². The number of hydrogen-bond donors (Lipinski definition) is 1. The van der Waals surface area contributed by atoms with E-state index >= 15 is 0 Å². The lowest BCUT2D eigenvalue weighted by molar-refractivity contribution is -0.384. The lowest BCUT2D eigenvalue weighted by Crippen LogP contribution is -2.40. The molecule has 170 valence electrons. The van der Waals surface area contributed by atoms with Gasteiger partial charge in [0, 0.05) is 31.8 Å². The van der Waals surface area contributed by atoms with Crippen LogP contribution >= 0.6 is 0 Å². The molecule has 2 aromatic rings. The number of carbonyl (C=O) groups excluding carboxylic acids is 1. The molecule has 10 nitrogen and oxygen atoms in total. The van der Waals surface area contributed by atoms with Crippen molar-refractivity contribution in [2.45, 2.75) is 11.4 Å². The van der Waals surface area contributed by atoms with Crippen LogP contribution in [-0.2, 0) is 30.8 Å². The number of carbonyl (C=O) groups is 1. The molecule has 32 heavy (non-hydrogen) atoms. The minimum absolute atomic E-state index is 0.150. The van der Waals surface area contributed by atoms with Crippen molar-refractivity contribution in [1.29, 1.82) is 0 Å². The summed E-state index contributed by atoms with van der Waals surface area (Å²) < 4.78 is 36.5. The zero-order valence-electron chi connectivity index (χ0n) is 17.4. The van der Waals surface area contributed by atoms with Crippen molar-refractivity contribution in [3.8, 4) is 0 Å². The van der Waals surface area contributed by atoms with Crippen LogP contribution in [0.25, 0.3) is 6.08 Å². The first kappa shape index (κ1) is 23.4. The maximum absolute atomic E-state index is 12.7. The molecule has 0 atom stereocenters. The quantitative estimate of drug-likeness (QED) is 0.275. The van der Waals surface area contributed by atoms with Gasteiger partial charge < -0.3 is 14.8 Å². The van der Waals surface area contributed by atoms with Crippen LogP contribution in [0.1, 0.15) is 11.1 Å². The van der Waals surface area contributed by atoms with Gasteiger partial charge in [0.25, 0.3) is 5.69 Å². The fourth-order valence-electron chi connectivity index (χ4n) is 3.10. The van der Waals surface area contributed by atoms with Gasteiger partial charge in [-0.2, -0.15) is 4.31 Å². The number of hydrogen-bond acceptors (Lipinski definition) is 8. The number of benzene rings is 2. The SMILES string of the molecule is COC(=O)/C=C/c1ccc(NCc2ccc(S(=O)(=O)N3CCOCC3)cc2)c([N+](=O)[O-])c1. The Balaban J connectivity index is 1.70. The number of rotatable bonds is 8. The third-order valence-electron chi connectivity index (χ3n) is 4.85. The Morgan fingerprint density at radius 3 is 2.53 bits per heavy atom. The molecule has 0 aromatic heterocycles. The highest BCUT2D eigenvalue weighted by Crippen LogP contribution is 2.27. The molecule has 0 unspecified atom stereocenters. The van der Waals surface area contributed by atoms with Gasteiger partial charge in [-0.25, -0.2) is 13.2 Å². The largest absolute Gasteiger partial charge is 0.466 e. The zero-order valence-corrected chi connectivity index (χ0v) is 18.2. The summed E-state index contributed by atoms with van der Waals surface area (Å²) in [5, 5.41) is 14.5. The van der Waals surface area contributed by atoms with E-state index in [2.05, 4.69) is 10.1 Å². The van der Waals surface area contributed by atoms with Crippen molar-refractivity contribution in [3.63, 3.8) is 0 Å². The molecular formula is C21H23N3O7S. The molecule has 1 heterocycles. The first-order valence-corrected chi connectivity index (χ1v) is 11.2. The van der Waals surface area contributed by atoms with E-state index in [0.717, 1.165) is 5.56 Å². The molecule has 11 heteroatoms. The predicted octanol–water partition coefficient (Wildman–Crippen LogP) is 2.41. The molecule has 1 fully saturated rings. The predicted molar refractivity (Wildman–Crippen MR) is 117 cm³/mol. The van der Waals surface area contributed by atoms with Gasteiger partial charge in [0.15, 0.2) is 0 Å². The highest BCUT2D eigenvalue weighted by atomic mass is 32.2. The number of nitro groups is 1. The maximum atomic E-state index is 12.7. The number of nitrogens with one attached hydrogen (secondary N) is 1. The molecule has 1 saturated heterocycles. The van der Waals surface area contributed by atoms with Gasteiger partial charge in [0.05, 0.1) is 30.1 Å². The number of anilines is 1. The second-order valence-electron chi connectivity index (χ2n) is 6.90.